The van der Waals surface area contributed by atoms with E-state index in [2.05, 4.69) is 9.98 Å². The van der Waals surface area contributed by atoms with E-state index in [4.69, 9.17) is 18.9 Å². The molecule has 164 valence electrons. The molecule has 10 nitrogen and oxygen atoms in total. The smallest absolute Gasteiger partial charge is 0.303 e. The molecule has 0 aliphatic carbocycles. The molecule has 2 heterocycles. The lowest BCUT2D eigenvalue weighted by Gasteiger charge is -2.39. The van der Waals surface area contributed by atoms with Crippen molar-refractivity contribution in [1.82, 2.24) is 9.88 Å². The Kier molecular flexibility index (Phi) is 8.46. The summed E-state index contributed by atoms with van der Waals surface area (Å²) in [5.41, 5.74) is -0.748. The second-order valence-corrected chi connectivity index (χ2v) is 7.78. The number of pyridine rings is 1. The summed E-state index contributed by atoms with van der Waals surface area (Å²) in [4.78, 5) is 45.1. The van der Waals surface area contributed by atoms with E-state index in [1.54, 1.807) is 29.6 Å². The number of rotatable bonds is 7. The lowest BCUT2D eigenvalue weighted by molar-refractivity contribution is -0.186. The van der Waals surface area contributed by atoms with Crippen LogP contribution in [0.4, 0.5) is 5.82 Å². The van der Waals surface area contributed by atoms with Gasteiger partial charge in [-0.05, 0) is 12.1 Å². The molecule has 30 heavy (non-hydrogen) atoms. The molecule has 11 heteroatoms. The summed E-state index contributed by atoms with van der Waals surface area (Å²) < 4.78 is 22.1. The number of carbonyl (C=O) groups excluding carboxylic acids is 3. The van der Waals surface area contributed by atoms with Crippen molar-refractivity contribution in [2.24, 2.45) is 4.99 Å². The van der Waals surface area contributed by atoms with Crippen LogP contribution in [0.25, 0.3) is 0 Å². The van der Waals surface area contributed by atoms with Gasteiger partial charge in [-0.15, -0.1) is 11.8 Å². The SMILES string of the molecule is CC(=O)O[C@@H]1[C@@H](OC(C)=O)[C@H](OC(C)=O)CS[C@H]1Oc1cccnc1N=CN(C)C. The van der Waals surface area contributed by atoms with Crippen molar-refractivity contribution < 1.29 is 33.3 Å². The van der Waals surface area contributed by atoms with Crippen LogP contribution in [0.1, 0.15) is 20.8 Å². The molecule has 1 aliphatic heterocycles. The van der Waals surface area contributed by atoms with Crippen molar-refractivity contribution >= 4 is 41.8 Å². The second kappa shape index (κ2) is 10.8. The summed E-state index contributed by atoms with van der Waals surface area (Å²) in [5, 5.41) is 0. The fourth-order valence-corrected chi connectivity index (χ4v) is 3.89. The summed E-state index contributed by atoms with van der Waals surface area (Å²) >= 11 is 1.26. The predicted molar refractivity (Wildman–Crippen MR) is 110 cm³/mol. The zero-order valence-electron chi connectivity index (χ0n) is 17.4. The highest BCUT2D eigenvalue weighted by Gasteiger charge is 2.47. The second-order valence-electron chi connectivity index (χ2n) is 6.65. The van der Waals surface area contributed by atoms with Gasteiger partial charge >= 0.3 is 17.9 Å². The fraction of sp³-hybridized carbons (Fsp3) is 0.526. The summed E-state index contributed by atoms with van der Waals surface area (Å²) in [6, 6.07) is 3.36. The zero-order chi connectivity index (χ0) is 22.3. The van der Waals surface area contributed by atoms with Gasteiger partial charge in [-0.25, -0.2) is 9.98 Å². The molecule has 0 N–H and O–H groups in total. The minimum Gasteiger partial charge on any atom is -0.472 e. The highest BCUT2D eigenvalue weighted by Crippen LogP contribution is 2.36. The number of nitrogens with zero attached hydrogens (tertiary/aromatic N) is 3. The summed E-state index contributed by atoms with van der Waals surface area (Å²) in [6.45, 7) is 3.71. The van der Waals surface area contributed by atoms with Crippen molar-refractivity contribution in [3.8, 4) is 5.75 Å². The quantitative estimate of drug-likeness (QED) is 0.268. The van der Waals surface area contributed by atoms with Gasteiger partial charge in [0.25, 0.3) is 0 Å². The van der Waals surface area contributed by atoms with Crippen LogP contribution < -0.4 is 4.74 Å². The molecule has 0 saturated carbocycles. The molecule has 0 aromatic carbocycles. The van der Waals surface area contributed by atoms with Gasteiger partial charge in [0.1, 0.15) is 0 Å². The Bertz CT molecular complexity index is 802. The van der Waals surface area contributed by atoms with E-state index in [-0.39, 0.29) is 5.75 Å². The van der Waals surface area contributed by atoms with Crippen LogP contribution in [0, 0.1) is 0 Å². The molecule has 2 rings (SSSR count). The van der Waals surface area contributed by atoms with Crippen LogP contribution in [-0.2, 0) is 28.6 Å². The number of hydrogen-bond donors (Lipinski definition) is 0. The number of esters is 3. The van der Waals surface area contributed by atoms with Crippen LogP contribution in [0.2, 0.25) is 0 Å². The minimum absolute atomic E-state index is 0.274. The van der Waals surface area contributed by atoms with E-state index in [0.717, 1.165) is 0 Å². The average molecular weight is 439 g/mol. The third-order valence-corrected chi connectivity index (χ3v) is 4.92. The van der Waals surface area contributed by atoms with Gasteiger partial charge in [0.2, 0.25) is 0 Å². The van der Waals surface area contributed by atoms with Crippen LogP contribution in [0.5, 0.6) is 5.75 Å². The molecule has 0 spiro atoms. The van der Waals surface area contributed by atoms with Gasteiger partial charge < -0.3 is 23.8 Å². The van der Waals surface area contributed by atoms with E-state index in [1.165, 1.54) is 32.5 Å². The van der Waals surface area contributed by atoms with E-state index < -0.39 is 41.7 Å². The molecule has 0 amide bonds. The van der Waals surface area contributed by atoms with Crippen molar-refractivity contribution in [1.29, 1.82) is 0 Å². The van der Waals surface area contributed by atoms with Crippen molar-refractivity contribution in [2.75, 3.05) is 19.8 Å². The molecule has 0 bridgehead atoms. The minimum atomic E-state index is -1.02. The zero-order valence-corrected chi connectivity index (χ0v) is 18.3. The molecular formula is C19H25N3O7S. The number of ether oxygens (including phenoxy) is 4. The van der Waals surface area contributed by atoms with E-state index in [1.807, 2.05) is 14.1 Å². The Morgan fingerprint density at radius 2 is 1.73 bits per heavy atom. The lowest BCUT2D eigenvalue weighted by atomic mass is 10.1. The van der Waals surface area contributed by atoms with Gasteiger partial charge in [-0.1, -0.05) is 0 Å². The lowest BCUT2D eigenvalue weighted by Crippen LogP contribution is -2.55. The first-order valence-corrected chi connectivity index (χ1v) is 10.2. The average Bonchev–Trinajstić information content (AvgIpc) is 2.64. The Morgan fingerprint density at radius 1 is 1.10 bits per heavy atom. The Hall–Kier alpha value is -2.82. The first kappa shape index (κ1) is 23.5. The number of aromatic nitrogens is 1. The van der Waals surface area contributed by atoms with Gasteiger partial charge in [0.15, 0.2) is 35.3 Å². The predicted octanol–water partition coefficient (Wildman–Crippen LogP) is 1.55. The standard InChI is InChI=1S/C19H25N3O7S/c1-11(23)26-15-9-30-19(17(28-13(3)25)16(15)27-12(2)24)29-14-7-6-8-20-18(14)21-10-22(4)5/h6-8,10,15-17,19H,9H2,1-5H3/t15-,16+,17-,19-/m1/s1. The first-order valence-electron chi connectivity index (χ1n) is 9.13. The van der Waals surface area contributed by atoms with Crippen molar-refractivity contribution in [3.05, 3.63) is 18.3 Å². The number of aliphatic imine (C=N–C) groups is 1. The van der Waals surface area contributed by atoms with Gasteiger partial charge in [-0.3, -0.25) is 14.4 Å². The third kappa shape index (κ3) is 6.90. The summed E-state index contributed by atoms with van der Waals surface area (Å²) in [7, 11) is 3.64. The van der Waals surface area contributed by atoms with Gasteiger partial charge in [0, 0.05) is 46.8 Å². The normalized spacial score (nSPS) is 23.5. The fourth-order valence-electron chi connectivity index (χ4n) is 2.68. The van der Waals surface area contributed by atoms with Gasteiger partial charge in [-0.2, -0.15) is 0 Å². The molecule has 4 atom stereocenters. The Labute approximate surface area is 178 Å². The molecular weight excluding hydrogens is 414 g/mol. The third-order valence-electron chi connectivity index (χ3n) is 3.71. The number of thioether (sulfide) groups is 1. The maximum Gasteiger partial charge on any atom is 0.303 e. The summed E-state index contributed by atoms with van der Waals surface area (Å²) in [6.07, 6.45) is 0.323. The molecule has 1 aliphatic rings. The molecule has 1 aromatic rings. The van der Waals surface area contributed by atoms with E-state index in [0.29, 0.717) is 11.6 Å². The van der Waals surface area contributed by atoms with E-state index >= 15 is 0 Å². The largest absolute Gasteiger partial charge is 0.472 e. The maximum atomic E-state index is 11.7. The first-order chi connectivity index (χ1) is 14.2. The number of carbonyl (C=O) groups is 3. The monoisotopic (exact) mass is 439 g/mol. The van der Waals surface area contributed by atoms with Crippen LogP contribution in [-0.4, -0.2) is 77.7 Å². The van der Waals surface area contributed by atoms with Crippen molar-refractivity contribution in [2.45, 2.75) is 44.5 Å². The van der Waals surface area contributed by atoms with E-state index in [9.17, 15) is 14.4 Å². The van der Waals surface area contributed by atoms with Crippen LogP contribution >= 0.6 is 11.8 Å². The highest BCUT2D eigenvalue weighted by atomic mass is 32.2. The Balaban J connectivity index is 2.33. The van der Waals surface area contributed by atoms with Gasteiger partial charge in [0.05, 0.1) is 6.34 Å². The van der Waals surface area contributed by atoms with Crippen molar-refractivity contribution in [3.63, 3.8) is 0 Å². The van der Waals surface area contributed by atoms with Crippen LogP contribution in [0.15, 0.2) is 23.3 Å². The molecule has 0 radical (unpaired) electrons. The highest BCUT2D eigenvalue weighted by molar-refractivity contribution is 7.99. The molecule has 0 unspecified atom stereocenters. The topological polar surface area (TPSA) is 117 Å². The summed E-state index contributed by atoms with van der Waals surface area (Å²) in [5.74, 6) is -0.760. The van der Waals surface area contributed by atoms with Crippen LogP contribution in [0.3, 0.4) is 0 Å². The Morgan fingerprint density at radius 3 is 2.33 bits per heavy atom. The molecule has 1 aromatic heterocycles. The number of hydrogen-bond acceptors (Lipinski definition) is 10. The molecule has 1 saturated heterocycles. The molecule has 1 fully saturated rings. The maximum absolute atomic E-state index is 11.7.